The maximum Gasteiger partial charge on any atom is 0.261 e. The van der Waals surface area contributed by atoms with Gasteiger partial charge in [0.25, 0.3) is 11.8 Å². The first-order valence-corrected chi connectivity index (χ1v) is 10.7. The van der Waals surface area contributed by atoms with E-state index in [0.717, 1.165) is 0 Å². The maximum atomic E-state index is 12.4. The summed E-state index contributed by atoms with van der Waals surface area (Å²) < 4.78 is 28.0. The Balaban J connectivity index is 1.93. The standard InChI is InChI=1S/C18H25N3O6S/c1-11(2)15(19-16(22)12-4-6-14(27-3)7-5-12)18(24)21-20-17(23)13-8-9-28(25,26)10-13/h4-7,11,13,15H,8-10H2,1-3H3,(H,19,22)(H,20,23)(H,21,24)/t13-,15+/m1/s1. The van der Waals surface area contributed by atoms with Gasteiger partial charge in [0.1, 0.15) is 11.8 Å². The number of carbonyl (C=O) groups excluding carboxylic acids is 3. The van der Waals surface area contributed by atoms with Crippen LogP contribution in [0, 0.1) is 11.8 Å². The fourth-order valence-corrected chi connectivity index (χ4v) is 4.55. The van der Waals surface area contributed by atoms with Crippen molar-refractivity contribution in [2.24, 2.45) is 11.8 Å². The van der Waals surface area contributed by atoms with Gasteiger partial charge < -0.3 is 10.1 Å². The third-order valence-electron chi connectivity index (χ3n) is 4.50. The van der Waals surface area contributed by atoms with Gasteiger partial charge in [-0.25, -0.2) is 8.42 Å². The van der Waals surface area contributed by atoms with Gasteiger partial charge in [0.15, 0.2) is 9.84 Å². The molecule has 1 aromatic rings. The predicted octanol–water partition coefficient (Wildman–Crippen LogP) is 0.0317. The summed E-state index contributed by atoms with van der Waals surface area (Å²) in [4.78, 5) is 36.9. The molecule has 9 nitrogen and oxygen atoms in total. The molecule has 0 aromatic heterocycles. The Bertz CT molecular complexity index is 835. The van der Waals surface area contributed by atoms with Gasteiger partial charge in [-0.3, -0.25) is 25.2 Å². The number of methoxy groups -OCH3 is 1. The molecule has 0 unspecified atom stereocenters. The van der Waals surface area contributed by atoms with E-state index in [0.29, 0.717) is 11.3 Å². The van der Waals surface area contributed by atoms with Crippen LogP contribution in [0.3, 0.4) is 0 Å². The van der Waals surface area contributed by atoms with Crippen molar-refractivity contribution in [3.63, 3.8) is 0 Å². The van der Waals surface area contributed by atoms with Crippen LogP contribution in [0.4, 0.5) is 0 Å². The molecule has 1 aliphatic rings. The SMILES string of the molecule is COc1ccc(C(=O)N[C@H](C(=O)NNC(=O)[C@@H]2CCS(=O)(=O)C2)C(C)C)cc1. The monoisotopic (exact) mass is 411 g/mol. The Labute approximate surface area is 164 Å². The average Bonchev–Trinajstić information content (AvgIpc) is 3.03. The van der Waals surface area contributed by atoms with Crippen molar-refractivity contribution < 1.29 is 27.5 Å². The highest BCUT2D eigenvalue weighted by Gasteiger charge is 2.33. The number of hydrogen-bond donors (Lipinski definition) is 3. The first kappa shape index (κ1) is 21.7. The maximum absolute atomic E-state index is 12.4. The van der Waals surface area contributed by atoms with E-state index in [2.05, 4.69) is 16.2 Å². The second-order valence-corrected chi connectivity index (χ2v) is 9.23. The van der Waals surface area contributed by atoms with Crippen LogP contribution in [0.15, 0.2) is 24.3 Å². The van der Waals surface area contributed by atoms with Crippen LogP contribution in [-0.2, 0) is 19.4 Å². The molecule has 1 aromatic carbocycles. The van der Waals surface area contributed by atoms with E-state index in [-0.39, 0.29) is 23.8 Å². The topological polar surface area (TPSA) is 131 Å². The van der Waals surface area contributed by atoms with Gasteiger partial charge in [-0.05, 0) is 36.6 Å². The van der Waals surface area contributed by atoms with E-state index in [4.69, 9.17) is 4.74 Å². The Hall–Kier alpha value is -2.62. The van der Waals surface area contributed by atoms with Gasteiger partial charge in [-0.2, -0.15) is 0 Å². The van der Waals surface area contributed by atoms with Gasteiger partial charge >= 0.3 is 0 Å². The summed E-state index contributed by atoms with van der Waals surface area (Å²) >= 11 is 0. The summed E-state index contributed by atoms with van der Waals surface area (Å²) in [6.07, 6.45) is 0.228. The van der Waals surface area contributed by atoms with Crippen LogP contribution in [0.25, 0.3) is 0 Å². The third kappa shape index (κ3) is 5.69. The number of nitrogens with one attached hydrogen (secondary N) is 3. The largest absolute Gasteiger partial charge is 0.497 e. The second-order valence-electron chi connectivity index (χ2n) is 7.00. The molecule has 154 valence electrons. The molecule has 1 heterocycles. The molecule has 0 saturated carbocycles. The van der Waals surface area contributed by atoms with Crippen molar-refractivity contribution in [1.82, 2.24) is 16.2 Å². The molecule has 0 bridgehead atoms. The highest BCUT2D eigenvalue weighted by molar-refractivity contribution is 7.91. The van der Waals surface area contributed by atoms with E-state index in [1.54, 1.807) is 38.1 Å². The highest BCUT2D eigenvalue weighted by atomic mass is 32.2. The van der Waals surface area contributed by atoms with E-state index in [9.17, 15) is 22.8 Å². The zero-order valence-corrected chi connectivity index (χ0v) is 16.8. The molecule has 10 heteroatoms. The summed E-state index contributed by atoms with van der Waals surface area (Å²) in [5, 5.41) is 2.64. The van der Waals surface area contributed by atoms with Crippen LogP contribution < -0.4 is 20.9 Å². The fourth-order valence-electron chi connectivity index (χ4n) is 2.81. The molecule has 28 heavy (non-hydrogen) atoms. The summed E-state index contributed by atoms with van der Waals surface area (Å²) in [7, 11) is -1.68. The average molecular weight is 411 g/mol. The number of sulfone groups is 1. The first-order chi connectivity index (χ1) is 13.1. The predicted molar refractivity (Wildman–Crippen MR) is 102 cm³/mol. The molecule has 0 radical (unpaired) electrons. The molecule has 0 spiro atoms. The van der Waals surface area contributed by atoms with Gasteiger partial charge in [0.2, 0.25) is 5.91 Å². The van der Waals surface area contributed by atoms with Crippen LogP contribution >= 0.6 is 0 Å². The van der Waals surface area contributed by atoms with Crippen LogP contribution in [-0.4, -0.2) is 50.8 Å². The lowest BCUT2D eigenvalue weighted by atomic mass is 10.0. The van der Waals surface area contributed by atoms with Crippen LogP contribution in [0.2, 0.25) is 0 Å². The summed E-state index contributed by atoms with van der Waals surface area (Å²) in [5.74, 6) is -2.18. The second kappa shape index (κ2) is 9.05. The molecule has 1 saturated heterocycles. The van der Waals surface area contributed by atoms with Crippen LogP contribution in [0.5, 0.6) is 5.75 Å². The number of rotatable bonds is 6. The van der Waals surface area contributed by atoms with E-state index >= 15 is 0 Å². The van der Waals surface area contributed by atoms with Crippen LogP contribution in [0.1, 0.15) is 30.6 Å². The Morgan fingerprint density at radius 1 is 1.11 bits per heavy atom. The lowest BCUT2D eigenvalue weighted by Gasteiger charge is -2.22. The van der Waals surface area contributed by atoms with Gasteiger partial charge in [0, 0.05) is 5.56 Å². The number of hydrogen-bond acceptors (Lipinski definition) is 6. The fraction of sp³-hybridized carbons (Fsp3) is 0.500. The molecule has 3 amide bonds. The van der Waals surface area contributed by atoms with E-state index in [1.165, 1.54) is 7.11 Å². The minimum absolute atomic E-state index is 0.0361. The molecule has 3 N–H and O–H groups in total. The Morgan fingerprint density at radius 3 is 2.25 bits per heavy atom. The summed E-state index contributed by atoms with van der Waals surface area (Å²) in [5.41, 5.74) is 4.89. The number of ether oxygens (including phenoxy) is 1. The first-order valence-electron chi connectivity index (χ1n) is 8.88. The lowest BCUT2D eigenvalue weighted by molar-refractivity contribution is -0.132. The zero-order chi connectivity index (χ0) is 20.9. The molecular weight excluding hydrogens is 386 g/mol. The van der Waals surface area contributed by atoms with Gasteiger partial charge in [-0.15, -0.1) is 0 Å². The number of benzene rings is 1. The lowest BCUT2D eigenvalue weighted by Crippen LogP contribution is -2.55. The van der Waals surface area contributed by atoms with Gasteiger partial charge in [0.05, 0.1) is 24.5 Å². The van der Waals surface area contributed by atoms with E-state index < -0.39 is 39.5 Å². The smallest absolute Gasteiger partial charge is 0.261 e. The van der Waals surface area contributed by atoms with Crippen molar-refractivity contribution in [3.05, 3.63) is 29.8 Å². The highest BCUT2D eigenvalue weighted by Crippen LogP contribution is 2.18. The minimum Gasteiger partial charge on any atom is -0.497 e. The molecule has 2 rings (SSSR count). The Kier molecular flexibility index (Phi) is 7.00. The van der Waals surface area contributed by atoms with E-state index in [1.807, 2.05) is 0 Å². The Morgan fingerprint density at radius 2 is 1.75 bits per heavy atom. The summed E-state index contributed by atoms with van der Waals surface area (Å²) in [6, 6.07) is 5.53. The minimum atomic E-state index is -3.20. The summed E-state index contributed by atoms with van der Waals surface area (Å²) in [6.45, 7) is 3.51. The number of amides is 3. The quantitative estimate of drug-likeness (QED) is 0.566. The molecule has 1 aliphatic heterocycles. The van der Waals surface area contributed by atoms with Crippen molar-refractivity contribution >= 4 is 27.6 Å². The van der Waals surface area contributed by atoms with Crippen molar-refractivity contribution in [2.75, 3.05) is 18.6 Å². The molecular formula is C18H25N3O6S. The van der Waals surface area contributed by atoms with Crippen molar-refractivity contribution in [3.8, 4) is 5.75 Å². The number of carbonyl (C=O) groups is 3. The zero-order valence-electron chi connectivity index (χ0n) is 16.0. The number of hydrazine groups is 1. The molecule has 1 fully saturated rings. The molecule has 2 atom stereocenters. The van der Waals surface area contributed by atoms with Crippen molar-refractivity contribution in [1.29, 1.82) is 0 Å². The molecule has 0 aliphatic carbocycles. The normalized spacial score (nSPS) is 18.9. The van der Waals surface area contributed by atoms with Gasteiger partial charge in [-0.1, -0.05) is 13.8 Å². The van der Waals surface area contributed by atoms with Crippen molar-refractivity contribution in [2.45, 2.75) is 26.3 Å². The third-order valence-corrected chi connectivity index (χ3v) is 6.27.